The van der Waals surface area contributed by atoms with Gasteiger partial charge in [-0.1, -0.05) is 24.0 Å². The number of ether oxygens (including phenoxy) is 1. The van der Waals surface area contributed by atoms with Gasteiger partial charge in [-0.2, -0.15) is 0 Å². The highest BCUT2D eigenvalue weighted by molar-refractivity contribution is 5.79. The number of carbonyl (C=O) groups excluding carboxylic acids is 1. The fourth-order valence-electron chi connectivity index (χ4n) is 2.39. The Balaban J connectivity index is 1.99. The zero-order valence-electron chi connectivity index (χ0n) is 12.3. The van der Waals surface area contributed by atoms with Gasteiger partial charge >= 0.3 is 0 Å². The van der Waals surface area contributed by atoms with Gasteiger partial charge in [0.25, 0.3) is 0 Å². The van der Waals surface area contributed by atoms with Crippen LogP contribution in [0.4, 0.5) is 0 Å². The molecule has 1 fully saturated rings. The van der Waals surface area contributed by atoms with Crippen LogP contribution in [0.5, 0.6) is 0 Å². The molecule has 21 heavy (non-hydrogen) atoms. The molecule has 2 unspecified atom stereocenters. The molecule has 0 radical (unpaired) electrons. The number of aliphatic hydroxyl groups is 1. The van der Waals surface area contributed by atoms with E-state index in [0.29, 0.717) is 6.61 Å². The number of aliphatic hydroxyl groups excluding tert-OH is 1. The van der Waals surface area contributed by atoms with E-state index in [0.717, 1.165) is 30.6 Å². The first kappa shape index (κ1) is 15.6. The van der Waals surface area contributed by atoms with Crippen LogP contribution in [-0.4, -0.2) is 30.8 Å². The average Bonchev–Trinajstić information content (AvgIpc) is 2.54. The number of nitrogens with one attached hydrogen (secondary N) is 1. The van der Waals surface area contributed by atoms with E-state index >= 15 is 0 Å². The van der Waals surface area contributed by atoms with Crippen molar-refractivity contribution in [2.75, 3.05) is 19.8 Å². The fraction of sp³-hybridized carbons (Fsp3) is 0.471. The van der Waals surface area contributed by atoms with Crippen molar-refractivity contribution in [2.45, 2.75) is 25.8 Å². The number of carbonyl (C=O) groups is 1. The smallest absolute Gasteiger partial charge is 0.225 e. The van der Waals surface area contributed by atoms with Gasteiger partial charge in [-0.05, 0) is 37.5 Å². The second-order valence-electron chi connectivity index (χ2n) is 5.23. The zero-order valence-corrected chi connectivity index (χ0v) is 12.3. The Morgan fingerprint density at radius 1 is 1.57 bits per heavy atom. The van der Waals surface area contributed by atoms with E-state index in [4.69, 9.17) is 9.84 Å². The van der Waals surface area contributed by atoms with Gasteiger partial charge in [-0.25, -0.2) is 0 Å². The largest absolute Gasteiger partial charge is 0.384 e. The summed E-state index contributed by atoms with van der Waals surface area (Å²) in [7, 11) is 0. The monoisotopic (exact) mass is 287 g/mol. The van der Waals surface area contributed by atoms with Crippen molar-refractivity contribution in [1.29, 1.82) is 0 Å². The summed E-state index contributed by atoms with van der Waals surface area (Å²) in [6, 6.07) is 7.62. The van der Waals surface area contributed by atoms with E-state index < -0.39 is 0 Å². The quantitative estimate of drug-likeness (QED) is 0.831. The van der Waals surface area contributed by atoms with E-state index in [1.165, 1.54) is 0 Å². The van der Waals surface area contributed by atoms with Gasteiger partial charge in [-0.3, -0.25) is 4.79 Å². The lowest BCUT2D eigenvalue weighted by Gasteiger charge is -2.23. The molecule has 0 saturated carbocycles. The number of benzene rings is 1. The fourth-order valence-corrected chi connectivity index (χ4v) is 2.39. The molecule has 1 amide bonds. The standard InChI is InChI=1S/C17H21NO3/c1-13(18-17(20)16-8-4-10-21-12-16)15-7-2-5-14(11-15)6-3-9-19/h2,5,7,11,13,16,19H,4,8-10,12H2,1H3,(H,18,20). The average molecular weight is 287 g/mol. The number of rotatable bonds is 3. The van der Waals surface area contributed by atoms with Crippen LogP contribution in [0.2, 0.25) is 0 Å². The Morgan fingerprint density at radius 3 is 3.14 bits per heavy atom. The highest BCUT2D eigenvalue weighted by atomic mass is 16.5. The van der Waals surface area contributed by atoms with Crippen molar-refractivity contribution < 1.29 is 14.6 Å². The van der Waals surface area contributed by atoms with E-state index in [9.17, 15) is 4.79 Å². The number of amides is 1. The van der Waals surface area contributed by atoms with Crippen LogP contribution in [0.1, 0.15) is 36.9 Å². The number of hydrogen-bond donors (Lipinski definition) is 2. The molecule has 1 heterocycles. The van der Waals surface area contributed by atoms with Crippen molar-refractivity contribution in [1.82, 2.24) is 5.32 Å². The molecule has 2 atom stereocenters. The van der Waals surface area contributed by atoms with Crippen LogP contribution in [0, 0.1) is 17.8 Å². The second kappa shape index (κ2) is 7.82. The molecule has 4 heteroatoms. The van der Waals surface area contributed by atoms with Crippen molar-refractivity contribution in [3.63, 3.8) is 0 Å². The molecule has 1 aliphatic rings. The van der Waals surface area contributed by atoms with E-state index in [1.54, 1.807) is 0 Å². The molecule has 4 nitrogen and oxygen atoms in total. The Kier molecular flexibility index (Phi) is 5.79. The van der Waals surface area contributed by atoms with Gasteiger partial charge in [-0.15, -0.1) is 0 Å². The van der Waals surface area contributed by atoms with Crippen LogP contribution in [-0.2, 0) is 9.53 Å². The van der Waals surface area contributed by atoms with Gasteiger partial charge in [0.05, 0.1) is 18.6 Å². The maximum absolute atomic E-state index is 12.2. The van der Waals surface area contributed by atoms with Crippen molar-refractivity contribution in [3.05, 3.63) is 35.4 Å². The summed E-state index contributed by atoms with van der Waals surface area (Å²) in [5.74, 6) is 5.51. The molecule has 1 aliphatic heterocycles. The maximum Gasteiger partial charge on any atom is 0.225 e. The summed E-state index contributed by atoms with van der Waals surface area (Å²) >= 11 is 0. The third-order valence-electron chi connectivity index (χ3n) is 3.59. The van der Waals surface area contributed by atoms with Crippen LogP contribution in [0.15, 0.2) is 24.3 Å². The van der Waals surface area contributed by atoms with Gasteiger partial charge in [0.1, 0.15) is 6.61 Å². The predicted octanol–water partition coefficient (Wildman–Crippen LogP) is 1.63. The number of hydrogen-bond acceptors (Lipinski definition) is 3. The molecule has 1 aromatic carbocycles. The Labute approximate surface area is 125 Å². The molecular formula is C17H21NO3. The lowest BCUT2D eigenvalue weighted by Crippen LogP contribution is -2.36. The van der Waals surface area contributed by atoms with Crippen LogP contribution in [0.25, 0.3) is 0 Å². The Hall–Kier alpha value is -1.83. The third kappa shape index (κ3) is 4.59. The van der Waals surface area contributed by atoms with Crippen LogP contribution in [0.3, 0.4) is 0 Å². The topological polar surface area (TPSA) is 58.6 Å². The first-order valence-electron chi connectivity index (χ1n) is 7.28. The molecule has 0 aliphatic carbocycles. The molecule has 1 saturated heterocycles. The molecule has 2 rings (SSSR count). The molecule has 112 valence electrons. The predicted molar refractivity (Wildman–Crippen MR) is 80.5 cm³/mol. The van der Waals surface area contributed by atoms with E-state index in [2.05, 4.69) is 17.2 Å². The van der Waals surface area contributed by atoms with Crippen LogP contribution < -0.4 is 5.32 Å². The first-order chi connectivity index (χ1) is 10.2. The Morgan fingerprint density at radius 2 is 2.43 bits per heavy atom. The first-order valence-corrected chi connectivity index (χ1v) is 7.28. The summed E-state index contributed by atoms with van der Waals surface area (Å²) in [6.45, 7) is 3.07. The minimum atomic E-state index is -0.155. The van der Waals surface area contributed by atoms with Gasteiger partial charge in [0.15, 0.2) is 0 Å². The van der Waals surface area contributed by atoms with E-state index in [1.807, 2.05) is 31.2 Å². The molecule has 0 bridgehead atoms. The van der Waals surface area contributed by atoms with E-state index in [-0.39, 0.29) is 24.5 Å². The zero-order chi connectivity index (χ0) is 15.1. The summed E-state index contributed by atoms with van der Waals surface area (Å²) in [6.07, 6.45) is 1.83. The molecule has 1 aromatic rings. The summed E-state index contributed by atoms with van der Waals surface area (Å²) in [5.41, 5.74) is 1.84. The van der Waals surface area contributed by atoms with Gasteiger partial charge in [0.2, 0.25) is 5.91 Å². The minimum absolute atomic E-state index is 0.0430. The van der Waals surface area contributed by atoms with Crippen LogP contribution >= 0.6 is 0 Å². The molecule has 2 N–H and O–H groups in total. The highest BCUT2D eigenvalue weighted by Crippen LogP contribution is 2.18. The van der Waals surface area contributed by atoms with Crippen molar-refractivity contribution in [3.8, 4) is 11.8 Å². The lowest BCUT2D eigenvalue weighted by molar-refractivity contribution is -0.129. The molecule has 0 spiro atoms. The maximum atomic E-state index is 12.2. The molecule has 0 aromatic heterocycles. The van der Waals surface area contributed by atoms with Crippen molar-refractivity contribution in [2.24, 2.45) is 5.92 Å². The second-order valence-corrected chi connectivity index (χ2v) is 5.23. The summed E-state index contributed by atoms with van der Waals surface area (Å²) in [4.78, 5) is 12.2. The normalized spacial score (nSPS) is 19.2. The third-order valence-corrected chi connectivity index (χ3v) is 3.59. The minimum Gasteiger partial charge on any atom is -0.384 e. The van der Waals surface area contributed by atoms with Crippen molar-refractivity contribution >= 4 is 5.91 Å². The molecular weight excluding hydrogens is 266 g/mol. The summed E-state index contributed by atoms with van der Waals surface area (Å²) in [5, 5.41) is 11.8. The summed E-state index contributed by atoms with van der Waals surface area (Å²) < 4.78 is 5.35. The van der Waals surface area contributed by atoms with Gasteiger partial charge < -0.3 is 15.2 Å². The van der Waals surface area contributed by atoms with Gasteiger partial charge in [0, 0.05) is 12.2 Å². The highest BCUT2D eigenvalue weighted by Gasteiger charge is 2.23. The Bertz CT molecular complexity index is 538. The lowest BCUT2D eigenvalue weighted by atomic mass is 9.99. The SMILES string of the molecule is CC(NC(=O)C1CCCOC1)c1cccc(C#CCO)c1.